The van der Waals surface area contributed by atoms with Crippen LogP contribution in [0.1, 0.15) is 0 Å². The summed E-state index contributed by atoms with van der Waals surface area (Å²) in [5.74, 6) is 1.61. The normalized spacial score (nSPS) is 12.9. The molecule has 0 unspecified atom stereocenters. The van der Waals surface area contributed by atoms with Gasteiger partial charge < -0.3 is 33.5 Å². The van der Waals surface area contributed by atoms with Crippen molar-refractivity contribution in [2.45, 2.75) is 9.79 Å². The number of hydrogen-bond donors (Lipinski definition) is 0. The van der Waals surface area contributed by atoms with Crippen molar-refractivity contribution in [3.63, 3.8) is 0 Å². The molecule has 0 N–H and O–H groups in total. The van der Waals surface area contributed by atoms with E-state index in [0.717, 1.165) is 145 Å². The quantitative estimate of drug-likeness (QED) is 0.120. The van der Waals surface area contributed by atoms with Crippen LogP contribution in [0.5, 0.6) is 11.5 Å². The third-order valence-corrected chi connectivity index (χ3v) is 23.3. The third kappa shape index (κ3) is 9.11. The monoisotopic (exact) mass is 1370 g/mol. The maximum absolute atomic E-state index is 8.55. The number of benzene rings is 16. The van der Waals surface area contributed by atoms with Crippen LogP contribution in [0.15, 0.2) is 386 Å². The summed E-state index contributed by atoms with van der Waals surface area (Å²) in [6.07, 6.45) is 0. The van der Waals surface area contributed by atoms with E-state index >= 15 is 0 Å². The van der Waals surface area contributed by atoms with Gasteiger partial charge in [-0.1, -0.05) is 248 Å². The molecule has 0 atom stereocenters. The highest BCUT2D eigenvalue weighted by Gasteiger charge is 2.49. The lowest BCUT2D eigenvalue weighted by Crippen LogP contribution is -2.63. The van der Waals surface area contributed by atoms with Gasteiger partial charge in [-0.05, 0) is 167 Å². The minimum atomic E-state index is -0.319. The van der Waals surface area contributed by atoms with Gasteiger partial charge >= 0.3 is 0 Å². The van der Waals surface area contributed by atoms with Gasteiger partial charge in [-0.3, -0.25) is 0 Å². The van der Waals surface area contributed by atoms with E-state index in [0.29, 0.717) is 0 Å². The second-order valence-corrected chi connectivity index (χ2v) is 28.8. The Hall–Kier alpha value is -13.4. The fraction of sp³-hybridized carbons (Fsp3) is 0. The zero-order chi connectivity index (χ0) is 69.5. The van der Waals surface area contributed by atoms with Gasteiger partial charge in [0.2, 0.25) is 6.71 Å². The van der Waals surface area contributed by atoms with Gasteiger partial charge in [0.05, 0.1) is 39.1 Å². The molecule has 0 aliphatic carbocycles. The number of para-hydroxylation sites is 12. The first-order valence-corrected chi connectivity index (χ1v) is 37.2. The molecule has 7 nitrogen and oxygen atoms in total. The van der Waals surface area contributed by atoms with E-state index in [1.165, 1.54) is 43.4 Å². The van der Waals surface area contributed by atoms with Crippen molar-refractivity contribution < 1.29 is 4.74 Å². The fourth-order valence-electron chi connectivity index (χ4n) is 17.9. The molecule has 0 fully saturated rings. The minimum Gasteiger partial charge on any atom is -0.458 e. The lowest BCUT2D eigenvalue weighted by molar-refractivity contribution is 0.488. The standard InChI is InChI=1S/C96H62B2N6OS/c1-7-32-63(33-8-1)99(64-34-9-2-10-35-64)69-58-87-93-89(60-69)105-95-77(97(93)75-48-23-29-54-83(75)101(87)67-40-15-5-16-41-67)62-78-96(92(95)91-85(103-79-50-25-19-44-71(79)72-45-20-26-51-80(72)103)56-31-57-86(91)104-81-52-27-21-46-73(81)74-47-22-28-53-82(74)104)106-90-61-70(100(65-36-11-3-12-37-65)66-38-13-4-14-39-66)59-88-94(90)98(78)76-49-24-30-55-84(76)102(88)68-42-17-6-18-43-68/h1-62H. The van der Waals surface area contributed by atoms with Crippen molar-refractivity contribution in [3.05, 3.63) is 376 Å². The highest BCUT2D eigenvalue weighted by Crippen LogP contribution is 2.55. The smallest absolute Gasteiger partial charge is 0.256 e. The summed E-state index contributed by atoms with van der Waals surface area (Å²) in [6, 6.07) is 139. The molecule has 10 heteroatoms. The third-order valence-electron chi connectivity index (χ3n) is 22.1. The number of aromatic nitrogens is 2. The number of fused-ring (bicyclic) bond motifs is 14. The van der Waals surface area contributed by atoms with Gasteiger partial charge in [0.25, 0.3) is 6.71 Å². The van der Waals surface area contributed by atoms with Gasteiger partial charge in [0.15, 0.2) is 0 Å². The number of ether oxygens (including phenoxy) is 1. The van der Waals surface area contributed by atoms with Crippen LogP contribution in [-0.4, -0.2) is 22.6 Å². The Labute approximate surface area is 619 Å². The van der Waals surface area contributed by atoms with E-state index in [2.05, 4.69) is 405 Å². The molecule has 0 spiro atoms. The first-order valence-electron chi connectivity index (χ1n) is 36.4. The minimum absolute atomic E-state index is 0.261. The molecule has 16 aromatic carbocycles. The van der Waals surface area contributed by atoms with Crippen molar-refractivity contribution >= 4 is 170 Å². The van der Waals surface area contributed by atoms with Crippen LogP contribution >= 0.6 is 11.8 Å². The van der Waals surface area contributed by atoms with Gasteiger partial charge in [-0.15, -0.1) is 0 Å². The Morgan fingerprint density at radius 1 is 0.264 bits per heavy atom. The summed E-state index contributed by atoms with van der Waals surface area (Å²) >= 11 is 1.89. The molecule has 4 aliphatic rings. The topological polar surface area (TPSA) is 32.1 Å². The summed E-state index contributed by atoms with van der Waals surface area (Å²) in [5.41, 5.74) is 28.5. The van der Waals surface area contributed by atoms with Gasteiger partial charge in [-0.2, -0.15) is 0 Å². The fourth-order valence-corrected chi connectivity index (χ4v) is 19.2. The molecular formula is C96H62B2N6OS. The Morgan fingerprint density at radius 2 is 0.623 bits per heavy atom. The first-order chi connectivity index (χ1) is 52.7. The molecule has 494 valence electrons. The maximum atomic E-state index is 8.55. The van der Waals surface area contributed by atoms with E-state index in [-0.39, 0.29) is 13.4 Å². The predicted octanol–water partition coefficient (Wildman–Crippen LogP) is 21.7. The molecule has 22 rings (SSSR count). The second-order valence-electron chi connectivity index (χ2n) is 27.8. The largest absolute Gasteiger partial charge is 0.458 e. The van der Waals surface area contributed by atoms with E-state index < -0.39 is 0 Å². The number of anilines is 12. The summed E-state index contributed by atoms with van der Waals surface area (Å²) in [7, 11) is 0. The molecule has 0 saturated heterocycles. The lowest BCUT2D eigenvalue weighted by atomic mass is 9.31. The molecular weight excluding hydrogens is 1310 g/mol. The summed E-state index contributed by atoms with van der Waals surface area (Å²) < 4.78 is 13.6. The van der Waals surface area contributed by atoms with Gasteiger partial charge in [0, 0.05) is 111 Å². The second kappa shape index (κ2) is 24.1. The number of hydrogen-bond acceptors (Lipinski definition) is 6. The molecule has 0 saturated carbocycles. The van der Waals surface area contributed by atoms with Crippen LogP contribution in [0, 0.1) is 0 Å². The molecule has 4 aliphatic heterocycles. The average Bonchev–Trinajstić information content (AvgIpc) is 0.707. The van der Waals surface area contributed by atoms with Crippen LogP contribution < -0.4 is 57.1 Å². The molecule has 0 amide bonds. The van der Waals surface area contributed by atoms with Crippen LogP contribution in [0.4, 0.5) is 68.2 Å². The summed E-state index contributed by atoms with van der Waals surface area (Å²) in [4.78, 5) is 12.1. The van der Waals surface area contributed by atoms with Crippen molar-refractivity contribution in [2.75, 3.05) is 19.6 Å². The highest BCUT2D eigenvalue weighted by molar-refractivity contribution is 8.00. The van der Waals surface area contributed by atoms with Gasteiger partial charge in [0.1, 0.15) is 11.5 Å². The van der Waals surface area contributed by atoms with Crippen LogP contribution in [0.25, 0.3) is 66.1 Å². The van der Waals surface area contributed by atoms with Crippen LogP contribution in [-0.2, 0) is 0 Å². The van der Waals surface area contributed by atoms with E-state index in [1.54, 1.807) is 0 Å². The van der Waals surface area contributed by atoms with Crippen molar-refractivity contribution in [3.8, 4) is 34.0 Å². The average molecular weight is 1370 g/mol. The molecule has 18 aromatic rings. The molecule has 0 radical (unpaired) electrons. The maximum Gasteiger partial charge on any atom is 0.256 e. The number of nitrogens with zero attached hydrogens (tertiary/aromatic N) is 6. The number of rotatable bonds is 11. The lowest BCUT2D eigenvalue weighted by Gasteiger charge is -2.44. The predicted molar refractivity (Wildman–Crippen MR) is 446 cm³/mol. The zero-order valence-electron chi connectivity index (χ0n) is 57.5. The van der Waals surface area contributed by atoms with Crippen molar-refractivity contribution in [2.24, 2.45) is 0 Å². The van der Waals surface area contributed by atoms with E-state index in [1.807, 2.05) is 11.8 Å². The Balaban J connectivity index is 0.923. The molecule has 0 bridgehead atoms. The molecule has 2 aromatic heterocycles. The molecule has 106 heavy (non-hydrogen) atoms. The Bertz CT molecular complexity index is 6000. The van der Waals surface area contributed by atoms with Crippen LogP contribution in [0.3, 0.4) is 0 Å². The zero-order valence-corrected chi connectivity index (χ0v) is 58.3. The van der Waals surface area contributed by atoms with Gasteiger partial charge in [-0.25, -0.2) is 0 Å². The summed E-state index contributed by atoms with van der Waals surface area (Å²) in [6.45, 7) is -0.581. The Morgan fingerprint density at radius 3 is 1.07 bits per heavy atom. The van der Waals surface area contributed by atoms with E-state index in [9.17, 15) is 0 Å². The van der Waals surface area contributed by atoms with Crippen LogP contribution in [0.2, 0.25) is 0 Å². The Kier molecular flexibility index (Phi) is 13.7. The van der Waals surface area contributed by atoms with Crippen molar-refractivity contribution in [1.29, 1.82) is 0 Å². The SMILES string of the molecule is c1ccc(N(c2ccccc2)c2cc3c4c(c2)N(c2ccccc2)c2ccccc2B4c2cc4c(c(-c5c(-n6c7ccccc7c7ccccc76)cccc5-n5c6ccccc6c6ccccc65)c2O3)Sc2cc(N(c3ccccc3)c3ccccc3)cc3c2B4c2ccccc2N3c2ccccc2)cc1. The van der Waals surface area contributed by atoms with E-state index in [4.69, 9.17) is 4.74 Å². The summed E-state index contributed by atoms with van der Waals surface area (Å²) in [5, 5.41) is 4.73. The van der Waals surface area contributed by atoms with Crippen molar-refractivity contribution in [1.82, 2.24) is 9.13 Å². The molecule has 6 heterocycles. The first kappa shape index (κ1) is 60.2. The highest BCUT2D eigenvalue weighted by atomic mass is 32.2.